The second kappa shape index (κ2) is 5.46. The van der Waals surface area contributed by atoms with Gasteiger partial charge in [0.25, 0.3) is 0 Å². The van der Waals surface area contributed by atoms with Crippen LogP contribution in [0.15, 0.2) is 24.3 Å². The molecule has 0 amide bonds. The molecular formula is C8H14N2O3S. The molecule has 5 nitrogen and oxygen atoms in total. The Labute approximate surface area is 83.4 Å². The number of primary sulfonamides is 1. The van der Waals surface area contributed by atoms with E-state index in [4.69, 9.17) is 10.8 Å². The fourth-order valence-electron chi connectivity index (χ4n) is 0.488. The number of sulfonamides is 1. The Morgan fingerprint density at radius 3 is 2.00 bits per heavy atom. The van der Waals surface area contributed by atoms with Crippen LogP contribution in [0.3, 0.4) is 0 Å². The first-order valence-electron chi connectivity index (χ1n) is 3.90. The van der Waals surface area contributed by atoms with Crippen LogP contribution >= 0.6 is 0 Å². The quantitative estimate of drug-likeness (QED) is 0.464. The largest absolute Gasteiger partial charge is 0.506 e. The van der Waals surface area contributed by atoms with E-state index in [1.807, 2.05) is 0 Å². The molecule has 1 rings (SSSR count). The Balaban J connectivity index is 0.000000255. The molecule has 1 aromatic carbocycles. The third kappa shape index (κ3) is 6.27. The van der Waals surface area contributed by atoms with Gasteiger partial charge in [-0.25, -0.2) is 13.6 Å². The Morgan fingerprint density at radius 1 is 1.36 bits per heavy atom. The highest BCUT2D eigenvalue weighted by Crippen LogP contribution is 2.16. The van der Waals surface area contributed by atoms with Gasteiger partial charge in [-0.1, -0.05) is 12.1 Å². The van der Waals surface area contributed by atoms with Gasteiger partial charge in [-0.2, -0.15) is 0 Å². The van der Waals surface area contributed by atoms with Crippen LogP contribution in [-0.2, 0) is 10.0 Å². The SMILES string of the molecule is CCS(N)(=O)=O.Nc1ccccc1O. The number of phenolic OH excluding ortho intramolecular Hbond substituents is 1. The van der Waals surface area contributed by atoms with E-state index in [-0.39, 0.29) is 11.5 Å². The van der Waals surface area contributed by atoms with Gasteiger partial charge in [0.2, 0.25) is 10.0 Å². The Morgan fingerprint density at radius 2 is 1.79 bits per heavy atom. The summed E-state index contributed by atoms with van der Waals surface area (Å²) in [5, 5.41) is 13.3. The lowest BCUT2D eigenvalue weighted by atomic mass is 10.3. The van der Waals surface area contributed by atoms with Crippen molar-refractivity contribution in [3.63, 3.8) is 0 Å². The van der Waals surface area contributed by atoms with Gasteiger partial charge in [-0.05, 0) is 19.1 Å². The molecule has 0 saturated carbocycles. The lowest BCUT2D eigenvalue weighted by Crippen LogP contribution is -2.13. The van der Waals surface area contributed by atoms with E-state index in [0.29, 0.717) is 5.69 Å². The van der Waals surface area contributed by atoms with Crippen LogP contribution in [-0.4, -0.2) is 19.3 Å². The molecule has 0 saturated heterocycles. The molecule has 0 aliphatic carbocycles. The van der Waals surface area contributed by atoms with Crippen molar-refractivity contribution in [1.29, 1.82) is 0 Å². The highest BCUT2D eigenvalue weighted by atomic mass is 32.2. The molecule has 0 unspecified atom stereocenters. The van der Waals surface area contributed by atoms with Gasteiger partial charge >= 0.3 is 0 Å². The molecule has 6 heteroatoms. The topological polar surface area (TPSA) is 106 Å². The van der Waals surface area contributed by atoms with Crippen molar-refractivity contribution in [2.45, 2.75) is 6.92 Å². The molecule has 0 atom stereocenters. The summed E-state index contributed by atoms with van der Waals surface area (Å²) in [5.74, 6) is 0.167. The minimum absolute atomic E-state index is 0.0208. The van der Waals surface area contributed by atoms with E-state index < -0.39 is 10.0 Å². The van der Waals surface area contributed by atoms with Gasteiger partial charge in [0, 0.05) is 0 Å². The van der Waals surface area contributed by atoms with Crippen molar-refractivity contribution in [1.82, 2.24) is 0 Å². The summed E-state index contributed by atoms with van der Waals surface area (Å²) >= 11 is 0. The van der Waals surface area contributed by atoms with Crippen LogP contribution in [0.4, 0.5) is 5.69 Å². The number of aromatic hydroxyl groups is 1. The predicted molar refractivity (Wildman–Crippen MR) is 56.2 cm³/mol. The number of benzene rings is 1. The Hall–Kier alpha value is -1.27. The molecule has 0 bridgehead atoms. The third-order valence-electron chi connectivity index (χ3n) is 1.34. The first kappa shape index (κ1) is 12.7. The van der Waals surface area contributed by atoms with Crippen LogP contribution in [0.2, 0.25) is 0 Å². The maximum absolute atomic E-state index is 9.78. The fourth-order valence-corrected chi connectivity index (χ4v) is 0.488. The summed E-state index contributed by atoms with van der Waals surface area (Å²) in [6.45, 7) is 1.50. The van der Waals surface area contributed by atoms with Crippen molar-refractivity contribution in [3.8, 4) is 5.75 Å². The smallest absolute Gasteiger partial charge is 0.208 e. The normalized spacial score (nSPS) is 10.1. The highest BCUT2D eigenvalue weighted by molar-refractivity contribution is 7.89. The molecule has 0 spiro atoms. The van der Waals surface area contributed by atoms with Crippen molar-refractivity contribution in [2.75, 3.05) is 11.5 Å². The molecule has 0 aliphatic heterocycles. The highest BCUT2D eigenvalue weighted by Gasteiger charge is 1.91. The summed E-state index contributed by atoms with van der Waals surface area (Å²) in [6.07, 6.45) is 0. The predicted octanol–water partition coefficient (Wildman–Crippen LogP) is 0.269. The first-order chi connectivity index (χ1) is 6.37. The molecule has 0 heterocycles. The number of anilines is 1. The maximum Gasteiger partial charge on any atom is 0.208 e. The van der Waals surface area contributed by atoms with Crippen LogP contribution in [0, 0.1) is 0 Å². The number of hydrogen-bond donors (Lipinski definition) is 3. The molecular weight excluding hydrogens is 204 g/mol. The van der Waals surface area contributed by atoms with Gasteiger partial charge in [-0.3, -0.25) is 0 Å². The lowest BCUT2D eigenvalue weighted by Gasteiger charge is -1.92. The van der Waals surface area contributed by atoms with Crippen LogP contribution in [0.1, 0.15) is 6.92 Å². The average molecular weight is 218 g/mol. The standard InChI is InChI=1S/C6H7NO.C2H7NO2S/c7-5-3-1-2-4-6(5)8;1-2-6(3,4)5/h1-4,8H,7H2;2H2,1H3,(H2,3,4,5). The second-order valence-corrected chi connectivity index (χ2v) is 4.41. The zero-order valence-corrected chi connectivity index (χ0v) is 8.66. The van der Waals surface area contributed by atoms with Crippen LogP contribution < -0.4 is 10.9 Å². The molecule has 0 aromatic heterocycles. The number of nitrogens with two attached hydrogens (primary N) is 2. The minimum atomic E-state index is -3.16. The molecule has 1 aromatic rings. The Bertz CT molecular complexity index is 355. The van der Waals surface area contributed by atoms with Crippen molar-refractivity contribution >= 4 is 15.7 Å². The zero-order chi connectivity index (χ0) is 11.2. The van der Waals surface area contributed by atoms with Gasteiger partial charge < -0.3 is 10.8 Å². The number of rotatable bonds is 1. The number of para-hydroxylation sites is 2. The summed E-state index contributed by atoms with van der Waals surface area (Å²) < 4.78 is 19.6. The molecule has 14 heavy (non-hydrogen) atoms. The molecule has 0 aliphatic rings. The van der Waals surface area contributed by atoms with Crippen LogP contribution in [0.25, 0.3) is 0 Å². The minimum Gasteiger partial charge on any atom is -0.506 e. The first-order valence-corrected chi connectivity index (χ1v) is 5.62. The van der Waals surface area contributed by atoms with Gasteiger partial charge in [0.1, 0.15) is 5.75 Å². The maximum atomic E-state index is 9.78. The van der Waals surface area contributed by atoms with Crippen LogP contribution in [0.5, 0.6) is 5.75 Å². The van der Waals surface area contributed by atoms with Crippen molar-refractivity contribution in [2.24, 2.45) is 5.14 Å². The number of phenols is 1. The van der Waals surface area contributed by atoms with Gasteiger partial charge in [0.05, 0.1) is 11.4 Å². The molecule has 0 radical (unpaired) electrons. The van der Waals surface area contributed by atoms with E-state index in [9.17, 15) is 8.42 Å². The summed E-state index contributed by atoms with van der Waals surface area (Å²) in [4.78, 5) is 0. The van der Waals surface area contributed by atoms with E-state index in [1.54, 1.807) is 24.3 Å². The lowest BCUT2D eigenvalue weighted by molar-refractivity contribution is 0.478. The molecule has 5 N–H and O–H groups in total. The summed E-state index contributed by atoms with van der Waals surface area (Å²) in [7, 11) is -3.16. The average Bonchev–Trinajstić information content (AvgIpc) is 2.10. The Kier molecular flexibility index (Phi) is 4.96. The number of hydrogen-bond acceptors (Lipinski definition) is 4. The van der Waals surface area contributed by atoms with Gasteiger partial charge in [0.15, 0.2) is 0 Å². The van der Waals surface area contributed by atoms with E-state index >= 15 is 0 Å². The zero-order valence-electron chi connectivity index (χ0n) is 7.84. The van der Waals surface area contributed by atoms with E-state index in [1.165, 1.54) is 6.92 Å². The second-order valence-electron chi connectivity index (χ2n) is 2.51. The third-order valence-corrected chi connectivity index (χ3v) is 2.14. The van der Waals surface area contributed by atoms with E-state index in [0.717, 1.165) is 0 Å². The summed E-state index contributed by atoms with van der Waals surface area (Å²) in [6, 6.07) is 6.70. The summed E-state index contributed by atoms with van der Waals surface area (Å²) in [5.41, 5.74) is 5.69. The molecule has 0 fully saturated rings. The van der Waals surface area contributed by atoms with Crippen molar-refractivity contribution < 1.29 is 13.5 Å². The van der Waals surface area contributed by atoms with Gasteiger partial charge in [-0.15, -0.1) is 0 Å². The molecule has 80 valence electrons. The fraction of sp³-hybridized carbons (Fsp3) is 0.250. The van der Waals surface area contributed by atoms with E-state index in [2.05, 4.69) is 5.14 Å². The monoisotopic (exact) mass is 218 g/mol. The van der Waals surface area contributed by atoms with Crippen molar-refractivity contribution in [3.05, 3.63) is 24.3 Å². The number of nitrogen functional groups attached to an aromatic ring is 1.